The van der Waals surface area contributed by atoms with Crippen LogP contribution in [0.5, 0.6) is 0 Å². The first-order chi connectivity index (χ1) is 10.7. The van der Waals surface area contributed by atoms with E-state index in [1.54, 1.807) is 10.9 Å². The van der Waals surface area contributed by atoms with E-state index in [1.807, 2.05) is 31.3 Å². The molecule has 0 aromatic carbocycles. The SMILES string of the molecule is Cn1nc(CNC(=O)CC2CCCC2)cc1-c1ccccn1. The van der Waals surface area contributed by atoms with E-state index in [4.69, 9.17) is 0 Å². The maximum Gasteiger partial charge on any atom is 0.220 e. The highest BCUT2D eigenvalue weighted by Crippen LogP contribution is 2.27. The van der Waals surface area contributed by atoms with Crippen LogP contribution in [0.15, 0.2) is 30.5 Å². The zero-order chi connectivity index (χ0) is 15.4. The average Bonchev–Trinajstić information content (AvgIpc) is 3.16. The molecular weight excluding hydrogens is 276 g/mol. The Bertz CT molecular complexity index is 629. The molecule has 0 atom stereocenters. The zero-order valence-electron chi connectivity index (χ0n) is 13.0. The molecule has 1 amide bonds. The molecule has 1 aliphatic carbocycles. The fourth-order valence-corrected chi connectivity index (χ4v) is 3.11. The van der Waals surface area contributed by atoms with E-state index in [9.17, 15) is 4.79 Å². The highest BCUT2D eigenvalue weighted by atomic mass is 16.1. The van der Waals surface area contributed by atoms with Crippen molar-refractivity contribution in [2.24, 2.45) is 13.0 Å². The molecule has 0 spiro atoms. The molecule has 0 bridgehead atoms. The van der Waals surface area contributed by atoms with Crippen molar-refractivity contribution in [3.63, 3.8) is 0 Å². The number of carbonyl (C=O) groups is 1. The molecule has 2 aromatic heterocycles. The quantitative estimate of drug-likeness (QED) is 0.923. The van der Waals surface area contributed by atoms with Gasteiger partial charge >= 0.3 is 0 Å². The van der Waals surface area contributed by atoms with Gasteiger partial charge in [-0.15, -0.1) is 0 Å². The van der Waals surface area contributed by atoms with E-state index in [0.717, 1.165) is 17.1 Å². The number of aryl methyl sites for hydroxylation is 1. The molecule has 0 radical (unpaired) electrons. The van der Waals surface area contributed by atoms with Crippen LogP contribution in [0, 0.1) is 5.92 Å². The van der Waals surface area contributed by atoms with E-state index in [2.05, 4.69) is 15.4 Å². The summed E-state index contributed by atoms with van der Waals surface area (Å²) in [6.45, 7) is 0.478. The average molecular weight is 298 g/mol. The predicted molar refractivity (Wildman–Crippen MR) is 84.9 cm³/mol. The van der Waals surface area contributed by atoms with Gasteiger partial charge < -0.3 is 5.32 Å². The number of pyridine rings is 1. The van der Waals surface area contributed by atoms with E-state index >= 15 is 0 Å². The van der Waals surface area contributed by atoms with Crippen molar-refractivity contribution in [1.29, 1.82) is 0 Å². The van der Waals surface area contributed by atoms with Crippen LogP contribution in [0.3, 0.4) is 0 Å². The second-order valence-electron chi connectivity index (χ2n) is 5.99. The molecule has 5 nitrogen and oxygen atoms in total. The van der Waals surface area contributed by atoms with Crippen molar-refractivity contribution < 1.29 is 4.79 Å². The topological polar surface area (TPSA) is 59.8 Å². The summed E-state index contributed by atoms with van der Waals surface area (Å²) in [7, 11) is 1.90. The van der Waals surface area contributed by atoms with Crippen LogP contribution < -0.4 is 5.32 Å². The maximum atomic E-state index is 12.0. The van der Waals surface area contributed by atoms with Gasteiger partial charge in [0.15, 0.2) is 0 Å². The third-order valence-electron chi connectivity index (χ3n) is 4.27. The summed E-state index contributed by atoms with van der Waals surface area (Å²) in [4.78, 5) is 16.3. The summed E-state index contributed by atoms with van der Waals surface area (Å²) in [5, 5.41) is 7.44. The lowest BCUT2D eigenvalue weighted by Crippen LogP contribution is -2.24. The van der Waals surface area contributed by atoms with Crippen LogP contribution in [-0.2, 0) is 18.4 Å². The Hall–Kier alpha value is -2.17. The van der Waals surface area contributed by atoms with Crippen LogP contribution in [0.1, 0.15) is 37.8 Å². The number of hydrogen-bond acceptors (Lipinski definition) is 3. The molecule has 3 rings (SSSR count). The number of nitrogens with zero attached hydrogens (tertiary/aromatic N) is 3. The zero-order valence-corrected chi connectivity index (χ0v) is 13.0. The predicted octanol–water partition coefficient (Wildman–Crippen LogP) is 2.68. The fourth-order valence-electron chi connectivity index (χ4n) is 3.11. The molecule has 0 saturated heterocycles. The van der Waals surface area contributed by atoms with Crippen molar-refractivity contribution in [1.82, 2.24) is 20.1 Å². The third kappa shape index (κ3) is 3.53. The summed E-state index contributed by atoms with van der Waals surface area (Å²) in [5.74, 6) is 0.713. The van der Waals surface area contributed by atoms with Crippen LogP contribution in [0.2, 0.25) is 0 Å². The Kier molecular flexibility index (Phi) is 4.51. The lowest BCUT2D eigenvalue weighted by atomic mass is 10.0. The number of hydrogen-bond donors (Lipinski definition) is 1. The van der Waals surface area contributed by atoms with Crippen molar-refractivity contribution >= 4 is 5.91 Å². The lowest BCUT2D eigenvalue weighted by molar-refractivity contribution is -0.122. The van der Waals surface area contributed by atoms with Gasteiger partial charge in [-0.2, -0.15) is 5.10 Å². The molecule has 0 aliphatic heterocycles. The number of rotatable bonds is 5. The van der Waals surface area contributed by atoms with Crippen LogP contribution in [-0.4, -0.2) is 20.7 Å². The van der Waals surface area contributed by atoms with Gasteiger partial charge in [0.05, 0.1) is 23.6 Å². The van der Waals surface area contributed by atoms with E-state index in [0.29, 0.717) is 18.9 Å². The second-order valence-corrected chi connectivity index (χ2v) is 5.99. The molecule has 2 aromatic rings. The smallest absolute Gasteiger partial charge is 0.220 e. The molecule has 0 unspecified atom stereocenters. The standard InChI is InChI=1S/C17H22N4O/c1-21-16(15-8-4-5-9-18-15)11-14(20-21)12-19-17(22)10-13-6-2-3-7-13/h4-5,8-9,11,13H,2-3,6-7,10,12H2,1H3,(H,19,22). The normalized spacial score (nSPS) is 15.1. The van der Waals surface area contributed by atoms with Gasteiger partial charge in [-0.3, -0.25) is 14.5 Å². The molecule has 116 valence electrons. The fraction of sp³-hybridized carbons (Fsp3) is 0.471. The minimum absolute atomic E-state index is 0.136. The van der Waals surface area contributed by atoms with Crippen LogP contribution >= 0.6 is 0 Å². The summed E-state index contributed by atoms with van der Waals surface area (Å²) < 4.78 is 1.81. The van der Waals surface area contributed by atoms with Crippen LogP contribution in [0.25, 0.3) is 11.4 Å². The number of carbonyl (C=O) groups excluding carboxylic acids is 1. The largest absolute Gasteiger partial charge is 0.350 e. The molecule has 1 aliphatic rings. The number of amides is 1. The van der Waals surface area contributed by atoms with Crippen molar-refractivity contribution in [2.75, 3.05) is 0 Å². The van der Waals surface area contributed by atoms with E-state index in [-0.39, 0.29) is 5.91 Å². The molecule has 22 heavy (non-hydrogen) atoms. The number of nitrogens with one attached hydrogen (secondary N) is 1. The summed E-state index contributed by atoms with van der Waals surface area (Å²) in [6.07, 6.45) is 7.35. The Morgan fingerprint density at radius 3 is 2.91 bits per heavy atom. The molecule has 1 fully saturated rings. The Morgan fingerprint density at radius 1 is 1.36 bits per heavy atom. The van der Waals surface area contributed by atoms with Gasteiger partial charge in [-0.1, -0.05) is 18.9 Å². The molecule has 5 heteroatoms. The van der Waals surface area contributed by atoms with Crippen molar-refractivity contribution in [2.45, 2.75) is 38.6 Å². The Morgan fingerprint density at radius 2 is 2.18 bits per heavy atom. The van der Waals surface area contributed by atoms with Gasteiger partial charge in [0.2, 0.25) is 5.91 Å². The van der Waals surface area contributed by atoms with Gasteiger partial charge in [0.25, 0.3) is 0 Å². The van der Waals surface area contributed by atoms with E-state index in [1.165, 1.54) is 25.7 Å². The minimum atomic E-state index is 0.136. The summed E-state index contributed by atoms with van der Waals surface area (Å²) in [6, 6.07) is 7.79. The maximum absolute atomic E-state index is 12.0. The summed E-state index contributed by atoms with van der Waals surface area (Å²) >= 11 is 0. The molecule has 1 saturated carbocycles. The molecular formula is C17H22N4O. The van der Waals surface area contributed by atoms with Crippen molar-refractivity contribution in [3.05, 3.63) is 36.2 Å². The first-order valence-electron chi connectivity index (χ1n) is 7.93. The number of aromatic nitrogens is 3. The van der Waals surface area contributed by atoms with Gasteiger partial charge in [-0.25, -0.2) is 0 Å². The summed E-state index contributed by atoms with van der Waals surface area (Å²) in [5.41, 5.74) is 2.71. The highest BCUT2D eigenvalue weighted by molar-refractivity contribution is 5.76. The second kappa shape index (κ2) is 6.73. The minimum Gasteiger partial charge on any atom is -0.350 e. The van der Waals surface area contributed by atoms with Gasteiger partial charge in [0, 0.05) is 19.7 Å². The molecule has 2 heterocycles. The third-order valence-corrected chi connectivity index (χ3v) is 4.27. The van der Waals surface area contributed by atoms with Crippen LogP contribution in [0.4, 0.5) is 0 Å². The molecule has 1 N–H and O–H groups in total. The Balaban J connectivity index is 1.58. The lowest BCUT2D eigenvalue weighted by Gasteiger charge is -2.08. The highest BCUT2D eigenvalue weighted by Gasteiger charge is 2.18. The van der Waals surface area contributed by atoms with Gasteiger partial charge in [0.1, 0.15) is 0 Å². The monoisotopic (exact) mass is 298 g/mol. The van der Waals surface area contributed by atoms with E-state index < -0.39 is 0 Å². The van der Waals surface area contributed by atoms with Crippen molar-refractivity contribution in [3.8, 4) is 11.4 Å². The first-order valence-corrected chi connectivity index (χ1v) is 7.93. The Labute approximate surface area is 130 Å². The van der Waals surface area contributed by atoms with Gasteiger partial charge in [-0.05, 0) is 37.0 Å². The first kappa shape index (κ1) is 14.8.